The number of carbonyl (C=O) groups excluding carboxylic acids is 2. The normalized spacial score (nSPS) is 9.40. The third kappa shape index (κ3) is 8.96. The highest BCUT2D eigenvalue weighted by molar-refractivity contribution is 5.81. The minimum atomic E-state index is -0.412. The van der Waals surface area contributed by atoms with Crippen LogP contribution in [0.1, 0.15) is 12.8 Å². The summed E-state index contributed by atoms with van der Waals surface area (Å²) in [5.41, 5.74) is 0. The number of esters is 2. The Labute approximate surface area is 89.4 Å². The quantitative estimate of drug-likeness (QED) is 0.357. The predicted octanol–water partition coefficient (Wildman–Crippen LogP) is 0.258. The molecule has 0 unspecified atom stereocenters. The molecule has 0 saturated heterocycles. The van der Waals surface area contributed by atoms with Crippen molar-refractivity contribution in [2.75, 3.05) is 26.8 Å². The Bertz CT molecular complexity index is 215. The molecule has 0 heterocycles. The number of hydrogen-bond acceptors (Lipinski definition) is 5. The summed E-state index contributed by atoms with van der Waals surface area (Å²) in [6.07, 6.45) is 2.19. The summed E-state index contributed by atoms with van der Waals surface area (Å²) in [5.74, 6) is -0.648. The Kier molecular flexibility index (Phi) is 8.37. The van der Waals surface area contributed by atoms with Crippen molar-refractivity contribution in [1.29, 1.82) is 0 Å². The van der Waals surface area contributed by atoms with Crippen molar-refractivity contribution in [2.45, 2.75) is 12.8 Å². The third-order valence-corrected chi connectivity index (χ3v) is 1.64. The van der Waals surface area contributed by atoms with Crippen molar-refractivity contribution < 1.29 is 19.1 Å². The van der Waals surface area contributed by atoms with E-state index in [0.717, 1.165) is 6.08 Å². The van der Waals surface area contributed by atoms with Gasteiger partial charge in [-0.2, -0.15) is 0 Å². The van der Waals surface area contributed by atoms with Crippen LogP contribution in [0.4, 0.5) is 0 Å². The average Bonchev–Trinajstić information content (AvgIpc) is 2.26. The van der Waals surface area contributed by atoms with Crippen LogP contribution in [0.2, 0.25) is 0 Å². The monoisotopic (exact) mass is 215 g/mol. The molecule has 0 aromatic heterocycles. The molecule has 0 fully saturated rings. The lowest BCUT2D eigenvalue weighted by molar-refractivity contribution is -0.140. The first-order valence-corrected chi connectivity index (χ1v) is 4.77. The van der Waals surface area contributed by atoms with Crippen LogP contribution in [0.3, 0.4) is 0 Å². The second-order valence-electron chi connectivity index (χ2n) is 2.80. The zero-order valence-electron chi connectivity index (χ0n) is 8.95. The number of ether oxygens (including phenoxy) is 2. The minimum absolute atomic E-state index is 0.236. The smallest absolute Gasteiger partial charge is 0.330 e. The lowest BCUT2D eigenvalue weighted by atomic mass is 10.4. The summed E-state index contributed by atoms with van der Waals surface area (Å²) >= 11 is 0. The van der Waals surface area contributed by atoms with Crippen LogP contribution >= 0.6 is 0 Å². The molecule has 5 heteroatoms. The van der Waals surface area contributed by atoms with E-state index < -0.39 is 5.97 Å². The van der Waals surface area contributed by atoms with Crippen molar-refractivity contribution in [3.8, 4) is 0 Å². The second kappa shape index (κ2) is 9.21. The van der Waals surface area contributed by atoms with Gasteiger partial charge in [0, 0.05) is 12.6 Å². The Hall–Kier alpha value is -1.36. The summed E-state index contributed by atoms with van der Waals surface area (Å²) in [5, 5.41) is 3.02. The fourth-order valence-electron chi connectivity index (χ4n) is 0.846. The highest BCUT2D eigenvalue weighted by atomic mass is 16.5. The molecule has 5 nitrogen and oxygen atoms in total. The molecule has 0 saturated carbocycles. The summed E-state index contributed by atoms with van der Waals surface area (Å²) in [6, 6.07) is 0. The second-order valence-corrected chi connectivity index (χ2v) is 2.80. The number of hydrogen-bond donors (Lipinski definition) is 1. The topological polar surface area (TPSA) is 64.6 Å². The van der Waals surface area contributed by atoms with Gasteiger partial charge in [-0.25, -0.2) is 4.79 Å². The van der Waals surface area contributed by atoms with Crippen LogP contribution in [0.25, 0.3) is 0 Å². The van der Waals surface area contributed by atoms with E-state index in [9.17, 15) is 9.59 Å². The van der Waals surface area contributed by atoms with Crippen LogP contribution < -0.4 is 5.32 Å². The average molecular weight is 215 g/mol. The van der Waals surface area contributed by atoms with E-state index in [4.69, 9.17) is 4.74 Å². The number of nitrogens with one attached hydrogen (secondary N) is 1. The van der Waals surface area contributed by atoms with E-state index in [2.05, 4.69) is 16.6 Å². The van der Waals surface area contributed by atoms with Gasteiger partial charge in [0.2, 0.25) is 0 Å². The zero-order chi connectivity index (χ0) is 11.5. The van der Waals surface area contributed by atoms with Crippen LogP contribution in [0.5, 0.6) is 0 Å². The molecule has 0 aromatic rings. The van der Waals surface area contributed by atoms with Gasteiger partial charge in [-0.1, -0.05) is 6.58 Å². The Morgan fingerprint density at radius 1 is 1.40 bits per heavy atom. The molecule has 0 bridgehead atoms. The van der Waals surface area contributed by atoms with Gasteiger partial charge in [0.1, 0.15) is 0 Å². The van der Waals surface area contributed by atoms with Gasteiger partial charge in [0.25, 0.3) is 0 Å². The number of methoxy groups -OCH3 is 1. The first-order chi connectivity index (χ1) is 7.20. The van der Waals surface area contributed by atoms with Crippen LogP contribution in [-0.4, -0.2) is 38.7 Å². The highest BCUT2D eigenvalue weighted by Gasteiger charge is 1.98. The molecule has 0 aliphatic carbocycles. The molecule has 0 spiro atoms. The van der Waals surface area contributed by atoms with E-state index >= 15 is 0 Å². The molecule has 0 aromatic carbocycles. The van der Waals surface area contributed by atoms with Gasteiger partial charge in [0.05, 0.1) is 20.1 Å². The summed E-state index contributed by atoms with van der Waals surface area (Å²) in [6.45, 7) is 4.90. The van der Waals surface area contributed by atoms with Crippen LogP contribution in [0.15, 0.2) is 12.7 Å². The van der Waals surface area contributed by atoms with Gasteiger partial charge >= 0.3 is 11.9 Å². The molecule has 0 atom stereocenters. The molecule has 86 valence electrons. The Morgan fingerprint density at radius 2 is 2.13 bits per heavy atom. The van der Waals surface area contributed by atoms with Crippen LogP contribution in [0, 0.1) is 0 Å². The first kappa shape index (κ1) is 13.6. The number of carbonyl (C=O) groups is 2. The van der Waals surface area contributed by atoms with Crippen molar-refractivity contribution in [2.24, 2.45) is 0 Å². The molecule has 1 N–H and O–H groups in total. The van der Waals surface area contributed by atoms with E-state index in [1.807, 2.05) is 0 Å². The summed E-state index contributed by atoms with van der Waals surface area (Å²) in [7, 11) is 1.36. The molecule has 0 radical (unpaired) electrons. The first-order valence-electron chi connectivity index (χ1n) is 4.77. The van der Waals surface area contributed by atoms with Crippen molar-refractivity contribution in [3.05, 3.63) is 12.7 Å². The molecule has 0 rings (SSSR count). The maximum absolute atomic E-state index is 10.7. The van der Waals surface area contributed by atoms with Crippen molar-refractivity contribution in [3.63, 3.8) is 0 Å². The van der Waals surface area contributed by atoms with Gasteiger partial charge in [-0.3, -0.25) is 4.79 Å². The SMILES string of the molecule is C=CC(=O)OCCCNCCC(=O)OC. The van der Waals surface area contributed by atoms with Gasteiger partial charge in [-0.15, -0.1) is 0 Å². The summed E-state index contributed by atoms with van der Waals surface area (Å²) in [4.78, 5) is 21.3. The van der Waals surface area contributed by atoms with E-state index in [1.165, 1.54) is 7.11 Å². The Balaban J connectivity index is 3.15. The molecular formula is C10H17NO4. The van der Waals surface area contributed by atoms with Crippen molar-refractivity contribution in [1.82, 2.24) is 5.32 Å². The fourth-order valence-corrected chi connectivity index (χ4v) is 0.846. The zero-order valence-corrected chi connectivity index (χ0v) is 8.95. The third-order valence-electron chi connectivity index (χ3n) is 1.64. The molecular weight excluding hydrogens is 198 g/mol. The lowest BCUT2D eigenvalue weighted by Gasteiger charge is -2.04. The molecule has 0 amide bonds. The van der Waals surface area contributed by atoms with Gasteiger partial charge in [0.15, 0.2) is 0 Å². The maximum atomic E-state index is 10.7. The lowest BCUT2D eigenvalue weighted by Crippen LogP contribution is -2.21. The fraction of sp³-hybridized carbons (Fsp3) is 0.600. The highest BCUT2D eigenvalue weighted by Crippen LogP contribution is 1.85. The minimum Gasteiger partial charge on any atom is -0.469 e. The summed E-state index contributed by atoms with van der Waals surface area (Å²) < 4.78 is 9.22. The maximum Gasteiger partial charge on any atom is 0.330 e. The molecule has 15 heavy (non-hydrogen) atoms. The molecule has 0 aliphatic rings. The predicted molar refractivity (Wildman–Crippen MR) is 55.3 cm³/mol. The van der Waals surface area contributed by atoms with E-state index in [1.54, 1.807) is 0 Å². The van der Waals surface area contributed by atoms with Gasteiger partial charge < -0.3 is 14.8 Å². The standard InChI is InChI=1S/C10H17NO4/c1-3-9(12)15-8-4-6-11-7-5-10(13)14-2/h3,11H,1,4-8H2,2H3. The number of rotatable bonds is 8. The largest absolute Gasteiger partial charge is 0.469 e. The van der Waals surface area contributed by atoms with E-state index in [0.29, 0.717) is 32.5 Å². The van der Waals surface area contributed by atoms with Crippen LogP contribution in [-0.2, 0) is 19.1 Å². The molecule has 0 aliphatic heterocycles. The van der Waals surface area contributed by atoms with Crippen molar-refractivity contribution >= 4 is 11.9 Å². The van der Waals surface area contributed by atoms with E-state index in [-0.39, 0.29) is 5.97 Å². The van der Waals surface area contributed by atoms with Gasteiger partial charge in [-0.05, 0) is 13.0 Å². The Morgan fingerprint density at radius 3 is 2.73 bits per heavy atom.